The second kappa shape index (κ2) is 8.60. The van der Waals surface area contributed by atoms with Crippen LogP contribution in [0, 0.1) is 0 Å². The Kier molecular flexibility index (Phi) is 5.65. The van der Waals surface area contributed by atoms with E-state index in [1.807, 2.05) is 24.3 Å². The summed E-state index contributed by atoms with van der Waals surface area (Å²) >= 11 is 0. The summed E-state index contributed by atoms with van der Waals surface area (Å²) in [5, 5.41) is 5.97. The van der Waals surface area contributed by atoms with Crippen LogP contribution in [0.15, 0.2) is 30.5 Å². The summed E-state index contributed by atoms with van der Waals surface area (Å²) in [6.07, 6.45) is 6.51. The van der Waals surface area contributed by atoms with Crippen molar-refractivity contribution in [3.63, 3.8) is 0 Å². The largest absolute Gasteiger partial charge is 0.495 e. The Morgan fingerprint density at radius 1 is 0.969 bits per heavy atom. The van der Waals surface area contributed by atoms with Gasteiger partial charge in [-0.3, -0.25) is 4.68 Å². The van der Waals surface area contributed by atoms with Gasteiger partial charge in [0.15, 0.2) is 0 Å². The maximum atomic E-state index is 6.34. The number of benzene rings is 1. The average Bonchev–Trinajstić information content (AvgIpc) is 3.21. The molecule has 2 aromatic heterocycles. The summed E-state index contributed by atoms with van der Waals surface area (Å²) in [6.45, 7) is 4.64. The second-order valence-electron chi connectivity index (χ2n) is 9.14. The highest BCUT2D eigenvalue weighted by molar-refractivity contribution is 6.00. The smallest absolute Gasteiger partial charge is 0.142 e. The highest BCUT2D eigenvalue weighted by Crippen LogP contribution is 2.37. The molecule has 2 fully saturated rings. The van der Waals surface area contributed by atoms with Crippen LogP contribution < -0.4 is 16.2 Å². The predicted molar refractivity (Wildman–Crippen MR) is 129 cm³/mol. The number of hydrogen-bond donors (Lipinski definition) is 2. The number of aromatic nitrogens is 3. The third kappa shape index (κ3) is 3.78. The number of nitrogens with two attached hydrogens (primary N) is 2. The van der Waals surface area contributed by atoms with E-state index >= 15 is 0 Å². The third-order valence-corrected chi connectivity index (χ3v) is 7.21. The van der Waals surface area contributed by atoms with Gasteiger partial charge in [-0.25, -0.2) is 4.98 Å². The molecular formula is C24H33N7O. The summed E-state index contributed by atoms with van der Waals surface area (Å²) in [4.78, 5) is 9.47. The molecule has 2 aliphatic heterocycles. The van der Waals surface area contributed by atoms with Crippen molar-refractivity contribution in [3.8, 4) is 17.0 Å². The van der Waals surface area contributed by atoms with Crippen molar-refractivity contribution in [3.05, 3.63) is 30.5 Å². The molecule has 32 heavy (non-hydrogen) atoms. The van der Waals surface area contributed by atoms with Crippen LogP contribution in [0.25, 0.3) is 22.2 Å². The highest BCUT2D eigenvalue weighted by Gasteiger charge is 2.30. The zero-order valence-electron chi connectivity index (χ0n) is 19.0. The molecule has 8 heteroatoms. The molecule has 4 heterocycles. The first-order valence-corrected chi connectivity index (χ1v) is 11.5. The molecule has 0 bridgehead atoms. The number of likely N-dealkylation sites (tertiary alicyclic amines) is 2. The third-order valence-electron chi connectivity index (χ3n) is 7.21. The molecule has 3 aromatic rings. The van der Waals surface area contributed by atoms with E-state index in [9.17, 15) is 0 Å². The van der Waals surface area contributed by atoms with E-state index in [1.54, 1.807) is 13.3 Å². The van der Waals surface area contributed by atoms with Crippen molar-refractivity contribution in [1.82, 2.24) is 24.6 Å². The summed E-state index contributed by atoms with van der Waals surface area (Å²) in [7, 11) is 3.85. The number of methoxy groups -OCH3 is 1. The maximum absolute atomic E-state index is 6.34. The summed E-state index contributed by atoms with van der Waals surface area (Å²) < 4.78 is 7.61. The molecule has 0 radical (unpaired) electrons. The molecule has 4 N–H and O–H groups in total. The van der Waals surface area contributed by atoms with Crippen LogP contribution in [-0.2, 0) is 0 Å². The Bertz CT molecular complexity index is 1100. The van der Waals surface area contributed by atoms with E-state index in [0.717, 1.165) is 54.1 Å². The quantitative estimate of drug-likeness (QED) is 0.608. The summed E-state index contributed by atoms with van der Waals surface area (Å²) in [5.74, 6) is 1.14. The molecule has 0 amide bonds. The molecular weight excluding hydrogens is 402 g/mol. The van der Waals surface area contributed by atoms with Crippen molar-refractivity contribution < 1.29 is 4.74 Å². The fourth-order valence-electron chi connectivity index (χ4n) is 5.31. The van der Waals surface area contributed by atoms with Crippen molar-refractivity contribution >= 4 is 22.4 Å². The molecule has 0 atom stereocenters. The van der Waals surface area contributed by atoms with Gasteiger partial charge in [-0.2, -0.15) is 5.10 Å². The number of hydrogen-bond acceptors (Lipinski definition) is 7. The zero-order chi connectivity index (χ0) is 22.2. The first kappa shape index (κ1) is 21.0. The minimum Gasteiger partial charge on any atom is -0.495 e. The molecule has 0 spiro atoms. The number of rotatable bonds is 4. The number of anilines is 2. The van der Waals surface area contributed by atoms with Crippen molar-refractivity contribution in [2.45, 2.75) is 37.8 Å². The van der Waals surface area contributed by atoms with Crippen molar-refractivity contribution in [2.75, 3.05) is 51.8 Å². The average molecular weight is 436 g/mol. The van der Waals surface area contributed by atoms with Crippen LogP contribution in [0.5, 0.6) is 5.75 Å². The van der Waals surface area contributed by atoms with Crippen molar-refractivity contribution in [1.29, 1.82) is 0 Å². The molecule has 0 unspecified atom stereocenters. The van der Waals surface area contributed by atoms with Gasteiger partial charge in [-0.15, -0.1) is 0 Å². The number of pyridine rings is 1. The molecule has 0 aliphatic carbocycles. The molecule has 5 rings (SSSR count). The van der Waals surface area contributed by atoms with Gasteiger partial charge in [-0.05, 0) is 64.0 Å². The molecule has 170 valence electrons. The topological polar surface area (TPSA) is 98.5 Å². The maximum Gasteiger partial charge on any atom is 0.142 e. The van der Waals surface area contributed by atoms with Crippen LogP contribution in [0.3, 0.4) is 0 Å². The van der Waals surface area contributed by atoms with Gasteiger partial charge in [0, 0.05) is 30.9 Å². The Morgan fingerprint density at radius 3 is 2.41 bits per heavy atom. The Hall–Kier alpha value is -2.84. The second-order valence-corrected chi connectivity index (χ2v) is 9.14. The number of piperidine rings is 2. The van der Waals surface area contributed by atoms with E-state index in [1.165, 1.54) is 25.9 Å². The molecule has 1 aromatic carbocycles. The van der Waals surface area contributed by atoms with E-state index < -0.39 is 0 Å². The fraction of sp³-hybridized carbons (Fsp3) is 0.500. The van der Waals surface area contributed by atoms with Crippen LogP contribution in [0.1, 0.15) is 31.7 Å². The lowest BCUT2D eigenvalue weighted by molar-refractivity contribution is 0.0860. The van der Waals surface area contributed by atoms with Crippen LogP contribution in [0.4, 0.5) is 11.5 Å². The van der Waals surface area contributed by atoms with Crippen LogP contribution in [-0.4, -0.2) is 70.9 Å². The standard InChI is InChI=1S/C24H33N7O/c1-29-11-6-17(7-12-29)30-13-8-18(9-14-30)31-20-5-10-27-24(26)22(20)23(28-31)16-3-4-19(25)21(15-16)32-2/h3-5,10,15,17-18H,6-9,11-14,25H2,1-2H3,(H2,26,27). The Labute approximate surface area is 189 Å². The van der Waals surface area contributed by atoms with Gasteiger partial charge in [0.1, 0.15) is 17.3 Å². The first-order valence-electron chi connectivity index (χ1n) is 11.5. The lowest BCUT2D eigenvalue weighted by Crippen LogP contribution is -2.47. The first-order chi connectivity index (χ1) is 15.5. The minimum absolute atomic E-state index is 0.353. The van der Waals surface area contributed by atoms with E-state index in [4.69, 9.17) is 21.3 Å². The van der Waals surface area contributed by atoms with E-state index in [-0.39, 0.29) is 0 Å². The number of ether oxygens (including phenoxy) is 1. The summed E-state index contributed by atoms with van der Waals surface area (Å²) in [5.41, 5.74) is 15.8. The van der Waals surface area contributed by atoms with E-state index in [0.29, 0.717) is 23.3 Å². The predicted octanol–water partition coefficient (Wildman–Crippen LogP) is 3.00. The molecule has 0 saturated carbocycles. The van der Waals surface area contributed by atoms with Crippen LogP contribution >= 0.6 is 0 Å². The Morgan fingerprint density at radius 2 is 1.69 bits per heavy atom. The van der Waals surface area contributed by atoms with Gasteiger partial charge < -0.3 is 26.0 Å². The number of nitrogens with zero attached hydrogens (tertiary/aromatic N) is 5. The molecule has 8 nitrogen and oxygen atoms in total. The fourth-order valence-corrected chi connectivity index (χ4v) is 5.31. The van der Waals surface area contributed by atoms with Crippen molar-refractivity contribution in [2.24, 2.45) is 0 Å². The van der Waals surface area contributed by atoms with Gasteiger partial charge in [-0.1, -0.05) is 6.07 Å². The van der Waals surface area contributed by atoms with E-state index in [2.05, 4.69) is 26.5 Å². The number of nitrogen functional groups attached to an aromatic ring is 2. The zero-order valence-corrected chi connectivity index (χ0v) is 19.0. The van der Waals surface area contributed by atoms with Gasteiger partial charge in [0.2, 0.25) is 0 Å². The van der Waals surface area contributed by atoms with Gasteiger partial charge in [0.25, 0.3) is 0 Å². The molecule has 2 saturated heterocycles. The van der Waals surface area contributed by atoms with Gasteiger partial charge >= 0.3 is 0 Å². The van der Waals surface area contributed by atoms with Gasteiger partial charge in [0.05, 0.1) is 29.7 Å². The number of fused-ring (bicyclic) bond motifs is 1. The SMILES string of the molecule is COc1cc(-c2nn(C3CCN(C4CCN(C)CC4)CC3)c3ccnc(N)c23)ccc1N. The minimum atomic E-state index is 0.353. The normalized spacial score (nSPS) is 19.6. The van der Waals surface area contributed by atoms with Crippen LogP contribution in [0.2, 0.25) is 0 Å². The molecule has 2 aliphatic rings. The highest BCUT2D eigenvalue weighted by atomic mass is 16.5. The monoisotopic (exact) mass is 435 g/mol. The lowest BCUT2D eigenvalue weighted by atomic mass is 9.98. The Balaban J connectivity index is 1.44. The lowest BCUT2D eigenvalue weighted by Gasteiger charge is -2.41. The summed E-state index contributed by atoms with van der Waals surface area (Å²) in [6, 6.07) is 8.85.